The number of rotatable bonds is 5. The van der Waals surface area contributed by atoms with Crippen molar-refractivity contribution in [1.82, 2.24) is 0 Å². The fourth-order valence-electron chi connectivity index (χ4n) is 1.94. The number of esters is 1. The third-order valence-electron chi connectivity index (χ3n) is 3.06. The fraction of sp³-hybridized carbons (Fsp3) is 0.167. The minimum absolute atomic E-state index is 0.450. The van der Waals surface area contributed by atoms with Crippen LogP contribution in [0.2, 0.25) is 0 Å². The first kappa shape index (κ1) is 15.6. The number of carbonyl (C=O) groups is 1. The Hall–Kier alpha value is -2.75. The Balaban J connectivity index is 2.06. The van der Waals surface area contributed by atoms with Gasteiger partial charge in [-0.1, -0.05) is 11.6 Å². The zero-order valence-corrected chi connectivity index (χ0v) is 12.8. The van der Waals surface area contributed by atoms with Crippen molar-refractivity contribution in [2.75, 3.05) is 14.2 Å². The number of carbonyl (C=O) groups excluding carboxylic acids is 1. The molecule has 0 saturated carbocycles. The van der Waals surface area contributed by atoms with E-state index in [4.69, 9.17) is 14.2 Å². The smallest absolute Gasteiger partial charge is 0.336 e. The molecule has 2 aromatic rings. The summed E-state index contributed by atoms with van der Waals surface area (Å²) in [6, 6.07) is 12.6. The number of hydrogen-bond donors (Lipinski definition) is 0. The predicted molar refractivity (Wildman–Crippen MR) is 85.4 cm³/mol. The summed E-state index contributed by atoms with van der Waals surface area (Å²) in [5.74, 6) is 1.43. The Morgan fingerprint density at radius 2 is 1.64 bits per heavy atom. The molecule has 0 bridgehead atoms. The van der Waals surface area contributed by atoms with Gasteiger partial charge in [-0.25, -0.2) is 4.79 Å². The molecular weight excluding hydrogens is 280 g/mol. The second-order valence-electron chi connectivity index (χ2n) is 4.68. The average Bonchev–Trinajstić information content (AvgIpc) is 2.54. The van der Waals surface area contributed by atoms with E-state index in [1.807, 2.05) is 25.1 Å². The lowest BCUT2D eigenvalue weighted by Crippen LogP contribution is -2.03. The molecule has 2 aromatic carbocycles. The van der Waals surface area contributed by atoms with Gasteiger partial charge in [0.15, 0.2) is 0 Å². The molecule has 0 aliphatic carbocycles. The lowest BCUT2D eigenvalue weighted by molar-refractivity contribution is -0.128. The molecule has 2 rings (SSSR count). The Morgan fingerprint density at radius 3 is 2.27 bits per heavy atom. The molecule has 4 heteroatoms. The van der Waals surface area contributed by atoms with Gasteiger partial charge in [-0.3, -0.25) is 0 Å². The molecule has 0 aliphatic rings. The van der Waals surface area contributed by atoms with E-state index < -0.39 is 5.97 Å². The topological polar surface area (TPSA) is 44.8 Å². The monoisotopic (exact) mass is 298 g/mol. The van der Waals surface area contributed by atoms with Crippen LogP contribution in [0, 0.1) is 6.92 Å². The molecule has 0 atom stereocenters. The molecule has 0 unspecified atom stereocenters. The summed E-state index contributed by atoms with van der Waals surface area (Å²) in [6.45, 7) is 1.98. The first-order chi connectivity index (χ1) is 10.6. The lowest BCUT2D eigenvalue weighted by atomic mass is 10.1. The van der Waals surface area contributed by atoms with Gasteiger partial charge in [0.05, 0.1) is 14.2 Å². The molecule has 0 N–H and O–H groups in total. The summed E-state index contributed by atoms with van der Waals surface area (Å²) in [7, 11) is 3.18. The van der Waals surface area contributed by atoms with Crippen LogP contribution in [0.25, 0.3) is 6.08 Å². The summed E-state index contributed by atoms with van der Waals surface area (Å²) >= 11 is 0. The SMILES string of the molecule is COc1ccc(OC(=O)/C=C/c2cc(C)ccc2OC)cc1. The highest BCUT2D eigenvalue weighted by Gasteiger charge is 2.03. The van der Waals surface area contributed by atoms with Crippen LogP contribution in [0.3, 0.4) is 0 Å². The second-order valence-corrected chi connectivity index (χ2v) is 4.68. The van der Waals surface area contributed by atoms with Crippen molar-refractivity contribution in [1.29, 1.82) is 0 Å². The van der Waals surface area contributed by atoms with E-state index in [-0.39, 0.29) is 0 Å². The van der Waals surface area contributed by atoms with Crippen LogP contribution in [0.5, 0.6) is 17.2 Å². The minimum atomic E-state index is -0.450. The van der Waals surface area contributed by atoms with Crippen LogP contribution in [-0.4, -0.2) is 20.2 Å². The van der Waals surface area contributed by atoms with Crippen LogP contribution in [-0.2, 0) is 4.79 Å². The molecule has 0 aromatic heterocycles. The Labute approximate surface area is 129 Å². The minimum Gasteiger partial charge on any atom is -0.497 e. The third kappa shape index (κ3) is 4.12. The van der Waals surface area contributed by atoms with E-state index in [1.165, 1.54) is 6.08 Å². The summed E-state index contributed by atoms with van der Waals surface area (Å²) in [5.41, 5.74) is 1.91. The number of aryl methyl sites for hydroxylation is 1. The van der Waals surface area contributed by atoms with Gasteiger partial charge in [0.1, 0.15) is 17.2 Å². The molecule has 0 saturated heterocycles. The van der Waals surface area contributed by atoms with E-state index in [0.29, 0.717) is 17.2 Å². The lowest BCUT2D eigenvalue weighted by Gasteiger charge is -2.06. The van der Waals surface area contributed by atoms with Crippen LogP contribution in [0.4, 0.5) is 0 Å². The number of methoxy groups -OCH3 is 2. The molecule has 0 radical (unpaired) electrons. The molecule has 4 nitrogen and oxygen atoms in total. The molecule has 114 valence electrons. The van der Waals surface area contributed by atoms with Crippen molar-refractivity contribution in [2.45, 2.75) is 6.92 Å². The van der Waals surface area contributed by atoms with Crippen LogP contribution in [0.15, 0.2) is 48.5 Å². The van der Waals surface area contributed by atoms with Gasteiger partial charge < -0.3 is 14.2 Å². The fourth-order valence-corrected chi connectivity index (χ4v) is 1.94. The second kappa shape index (κ2) is 7.31. The van der Waals surface area contributed by atoms with Crippen LogP contribution in [0.1, 0.15) is 11.1 Å². The molecule has 0 spiro atoms. The Bertz CT molecular complexity index is 672. The number of benzene rings is 2. The maximum absolute atomic E-state index is 11.8. The van der Waals surface area contributed by atoms with E-state index >= 15 is 0 Å². The van der Waals surface area contributed by atoms with Crippen LogP contribution < -0.4 is 14.2 Å². The first-order valence-corrected chi connectivity index (χ1v) is 6.81. The van der Waals surface area contributed by atoms with Crippen LogP contribution >= 0.6 is 0 Å². The van der Waals surface area contributed by atoms with Crippen molar-refractivity contribution in [2.24, 2.45) is 0 Å². The maximum Gasteiger partial charge on any atom is 0.336 e. The van der Waals surface area contributed by atoms with Gasteiger partial charge in [0, 0.05) is 11.6 Å². The van der Waals surface area contributed by atoms with E-state index in [2.05, 4.69) is 0 Å². The molecule has 22 heavy (non-hydrogen) atoms. The maximum atomic E-state index is 11.8. The molecule has 0 aliphatic heterocycles. The van der Waals surface area contributed by atoms with Crippen molar-refractivity contribution in [3.05, 3.63) is 59.7 Å². The zero-order chi connectivity index (χ0) is 15.9. The standard InChI is InChI=1S/C18H18O4/c1-13-4-10-17(21-3)14(12-13)5-11-18(19)22-16-8-6-15(20-2)7-9-16/h4-12H,1-3H3/b11-5+. The highest BCUT2D eigenvalue weighted by molar-refractivity contribution is 5.89. The molecule has 0 fully saturated rings. The van der Waals surface area contributed by atoms with Crippen molar-refractivity contribution in [3.8, 4) is 17.2 Å². The Kier molecular flexibility index (Phi) is 5.20. The zero-order valence-electron chi connectivity index (χ0n) is 12.8. The van der Waals surface area contributed by atoms with E-state index in [0.717, 1.165) is 11.1 Å². The van der Waals surface area contributed by atoms with Gasteiger partial charge in [-0.2, -0.15) is 0 Å². The highest BCUT2D eigenvalue weighted by Crippen LogP contribution is 2.21. The van der Waals surface area contributed by atoms with Gasteiger partial charge in [-0.05, 0) is 49.4 Å². The average molecular weight is 298 g/mol. The third-order valence-corrected chi connectivity index (χ3v) is 3.06. The first-order valence-electron chi connectivity index (χ1n) is 6.81. The molecule has 0 heterocycles. The van der Waals surface area contributed by atoms with Gasteiger partial charge in [-0.15, -0.1) is 0 Å². The summed E-state index contributed by atoms with van der Waals surface area (Å²) in [4.78, 5) is 11.8. The highest BCUT2D eigenvalue weighted by atomic mass is 16.5. The summed E-state index contributed by atoms with van der Waals surface area (Å²) in [5, 5.41) is 0. The summed E-state index contributed by atoms with van der Waals surface area (Å²) in [6.07, 6.45) is 3.05. The predicted octanol–water partition coefficient (Wildman–Crippen LogP) is 3.63. The van der Waals surface area contributed by atoms with Crippen molar-refractivity contribution in [3.63, 3.8) is 0 Å². The van der Waals surface area contributed by atoms with E-state index in [1.54, 1.807) is 44.6 Å². The summed E-state index contributed by atoms with van der Waals surface area (Å²) < 4.78 is 15.5. The normalized spacial score (nSPS) is 10.5. The van der Waals surface area contributed by atoms with Gasteiger partial charge in [0.2, 0.25) is 0 Å². The largest absolute Gasteiger partial charge is 0.497 e. The number of hydrogen-bond acceptors (Lipinski definition) is 4. The molecule has 0 amide bonds. The van der Waals surface area contributed by atoms with Crippen molar-refractivity contribution < 1.29 is 19.0 Å². The van der Waals surface area contributed by atoms with Gasteiger partial charge >= 0.3 is 5.97 Å². The number of ether oxygens (including phenoxy) is 3. The van der Waals surface area contributed by atoms with Gasteiger partial charge in [0.25, 0.3) is 0 Å². The Morgan fingerprint density at radius 1 is 0.955 bits per heavy atom. The van der Waals surface area contributed by atoms with Crippen molar-refractivity contribution >= 4 is 12.0 Å². The van der Waals surface area contributed by atoms with E-state index in [9.17, 15) is 4.79 Å². The molecular formula is C18H18O4. The quantitative estimate of drug-likeness (QED) is 0.480.